The quantitative estimate of drug-likeness (QED) is 0.514. The average molecular weight is 447 g/mol. The molecular formula is C22H24Cl2N4O2. The summed E-state index contributed by atoms with van der Waals surface area (Å²) in [4.78, 5) is 14.3. The summed E-state index contributed by atoms with van der Waals surface area (Å²) in [5.74, 6) is 0.584. The molecule has 0 saturated heterocycles. The number of benzene rings is 1. The summed E-state index contributed by atoms with van der Waals surface area (Å²) in [6.07, 6.45) is 4.79. The molecule has 158 valence electrons. The third-order valence-corrected chi connectivity index (χ3v) is 5.37. The van der Waals surface area contributed by atoms with Crippen molar-refractivity contribution in [3.05, 3.63) is 81.5 Å². The molecule has 3 aromatic rings. The van der Waals surface area contributed by atoms with E-state index in [1.165, 1.54) is 6.08 Å². The molecule has 0 fully saturated rings. The molecule has 0 aliphatic rings. The van der Waals surface area contributed by atoms with Gasteiger partial charge in [-0.25, -0.2) is 4.68 Å². The topological polar surface area (TPSA) is 63.3 Å². The number of amides is 1. The minimum absolute atomic E-state index is 0.0511. The Kier molecular flexibility index (Phi) is 7.37. The first-order chi connectivity index (χ1) is 14.3. The predicted molar refractivity (Wildman–Crippen MR) is 120 cm³/mol. The average Bonchev–Trinajstić information content (AvgIpc) is 3.31. The molecule has 1 aromatic carbocycles. The fourth-order valence-electron chi connectivity index (χ4n) is 3.06. The van der Waals surface area contributed by atoms with Gasteiger partial charge in [-0.3, -0.25) is 9.69 Å². The second kappa shape index (κ2) is 9.98. The van der Waals surface area contributed by atoms with Gasteiger partial charge in [0.25, 0.3) is 0 Å². The zero-order chi connectivity index (χ0) is 21.7. The summed E-state index contributed by atoms with van der Waals surface area (Å²) in [7, 11) is 3.88. The van der Waals surface area contributed by atoms with Gasteiger partial charge >= 0.3 is 0 Å². The number of nitrogens with one attached hydrogen (secondary N) is 1. The summed E-state index contributed by atoms with van der Waals surface area (Å²) in [6.45, 7) is 2.80. The number of hydrogen-bond acceptors (Lipinski definition) is 4. The van der Waals surface area contributed by atoms with Crippen molar-refractivity contribution in [2.45, 2.75) is 19.5 Å². The fraction of sp³-hybridized carbons (Fsp3) is 0.273. The molecule has 3 rings (SSSR count). The molecule has 2 aromatic heterocycles. The highest BCUT2D eigenvalue weighted by atomic mass is 35.5. The summed E-state index contributed by atoms with van der Waals surface area (Å²) >= 11 is 12.4. The lowest BCUT2D eigenvalue weighted by molar-refractivity contribution is -0.116. The first kappa shape index (κ1) is 22.2. The van der Waals surface area contributed by atoms with Gasteiger partial charge in [-0.2, -0.15) is 5.10 Å². The maximum atomic E-state index is 12.3. The van der Waals surface area contributed by atoms with E-state index in [9.17, 15) is 4.79 Å². The molecule has 0 spiro atoms. The van der Waals surface area contributed by atoms with Crippen LogP contribution < -0.4 is 5.32 Å². The van der Waals surface area contributed by atoms with Crippen molar-refractivity contribution in [3.8, 4) is 0 Å². The number of carbonyl (C=O) groups excluding carboxylic acids is 1. The van der Waals surface area contributed by atoms with Gasteiger partial charge in [-0.05, 0) is 56.9 Å². The van der Waals surface area contributed by atoms with E-state index in [1.54, 1.807) is 17.0 Å². The number of nitrogens with zero attached hydrogens (tertiary/aromatic N) is 3. The van der Waals surface area contributed by atoms with Gasteiger partial charge in [0.15, 0.2) is 0 Å². The van der Waals surface area contributed by atoms with Crippen LogP contribution >= 0.6 is 23.2 Å². The number of furan rings is 1. The molecule has 0 aliphatic carbocycles. The van der Waals surface area contributed by atoms with Crippen LogP contribution in [0.1, 0.15) is 28.6 Å². The molecular weight excluding hydrogens is 423 g/mol. The van der Waals surface area contributed by atoms with E-state index in [4.69, 9.17) is 27.6 Å². The van der Waals surface area contributed by atoms with Crippen molar-refractivity contribution in [2.75, 3.05) is 20.6 Å². The van der Waals surface area contributed by atoms with Crippen molar-refractivity contribution in [3.63, 3.8) is 0 Å². The third-order valence-electron chi connectivity index (χ3n) is 4.72. The first-order valence-electron chi connectivity index (χ1n) is 9.48. The Balaban J connectivity index is 1.64. The SMILES string of the molecule is Cc1nn(Cc2ccc(Cl)cc2)c(Cl)c1/C=C/C(=O)NCC(c1ccco1)N(C)C. The molecule has 6 nitrogen and oxygen atoms in total. The van der Waals surface area contributed by atoms with Crippen LogP contribution in [-0.2, 0) is 11.3 Å². The Bertz CT molecular complexity index is 1010. The van der Waals surface area contributed by atoms with E-state index in [-0.39, 0.29) is 11.9 Å². The molecule has 0 radical (unpaired) electrons. The van der Waals surface area contributed by atoms with E-state index < -0.39 is 0 Å². The van der Waals surface area contributed by atoms with E-state index in [2.05, 4.69) is 10.4 Å². The lowest BCUT2D eigenvalue weighted by atomic mass is 10.2. The minimum Gasteiger partial charge on any atom is -0.468 e. The number of rotatable bonds is 8. The van der Waals surface area contributed by atoms with Crippen LogP contribution in [0.15, 0.2) is 53.2 Å². The lowest BCUT2D eigenvalue weighted by Gasteiger charge is -2.22. The molecule has 1 atom stereocenters. The van der Waals surface area contributed by atoms with E-state index in [1.807, 2.05) is 62.3 Å². The molecule has 30 heavy (non-hydrogen) atoms. The summed E-state index contributed by atoms with van der Waals surface area (Å²) in [6, 6.07) is 11.2. The molecule has 8 heteroatoms. The van der Waals surface area contributed by atoms with Crippen molar-refractivity contribution in [1.82, 2.24) is 20.0 Å². The van der Waals surface area contributed by atoms with Crippen molar-refractivity contribution in [2.24, 2.45) is 0 Å². The third kappa shape index (κ3) is 5.53. The molecule has 2 heterocycles. The Morgan fingerprint density at radius 3 is 2.63 bits per heavy atom. The van der Waals surface area contributed by atoms with Gasteiger partial charge in [-0.1, -0.05) is 35.3 Å². The van der Waals surface area contributed by atoms with Gasteiger partial charge in [0, 0.05) is 23.2 Å². The molecule has 1 N–H and O–H groups in total. The zero-order valence-corrected chi connectivity index (χ0v) is 18.6. The molecule has 0 bridgehead atoms. The number of likely N-dealkylation sites (N-methyl/N-ethyl adjacent to an activating group) is 1. The second-order valence-corrected chi connectivity index (χ2v) is 7.94. The summed E-state index contributed by atoms with van der Waals surface area (Å²) < 4.78 is 7.17. The highest BCUT2D eigenvalue weighted by Crippen LogP contribution is 2.23. The van der Waals surface area contributed by atoms with Crippen LogP contribution in [0.4, 0.5) is 0 Å². The highest BCUT2D eigenvalue weighted by Gasteiger charge is 2.17. The van der Waals surface area contributed by atoms with Crippen molar-refractivity contribution < 1.29 is 9.21 Å². The van der Waals surface area contributed by atoms with Crippen LogP contribution in [0.3, 0.4) is 0 Å². The normalized spacial score (nSPS) is 12.6. The van der Waals surface area contributed by atoms with Crippen molar-refractivity contribution >= 4 is 35.2 Å². The number of aromatic nitrogens is 2. The monoisotopic (exact) mass is 446 g/mol. The number of aryl methyl sites for hydroxylation is 1. The minimum atomic E-state index is -0.214. The molecule has 1 amide bonds. The van der Waals surface area contributed by atoms with E-state index in [0.717, 1.165) is 22.6 Å². The van der Waals surface area contributed by atoms with Gasteiger partial charge < -0.3 is 9.73 Å². The van der Waals surface area contributed by atoms with Crippen molar-refractivity contribution in [1.29, 1.82) is 0 Å². The largest absolute Gasteiger partial charge is 0.468 e. The van der Waals surface area contributed by atoms with Gasteiger partial charge in [0.1, 0.15) is 10.9 Å². The first-order valence-corrected chi connectivity index (χ1v) is 10.2. The second-order valence-electron chi connectivity index (χ2n) is 7.15. The Morgan fingerprint density at radius 2 is 2.00 bits per heavy atom. The van der Waals surface area contributed by atoms with Crippen LogP contribution in [-0.4, -0.2) is 41.2 Å². The van der Waals surface area contributed by atoms with Gasteiger partial charge in [-0.15, -0.1) is 0 Å². The Labute approximate surface area is 186 Å². The summed E-state index contributed by atoms with van der Waals surface area (Å²) in [5, 5.41) is 8.55. The standard InChI is InChI=1S/C22H24Cl2N4O2/c1-15-18(22(24)28(26-15)14-16-6-8-17(23)9-7-16)10-11-21(29)25-13-19(27(2)3)20-5-4-12-30-20/h4-12,19H,13-14H2,1-3H3,(H,25,29)/b11-10+. The molecule has 1 unspecified atom stereocenters. The maximum absolute atomic E-state index is 12.3. The van der Waals surface area contributed by atoms with Crippen LogP contribution in [0.2, 0.25) is 10.2 Å². The number of carbonyl (C=O) groups is 1. The Morgan fingerprint density at radius 1 is 1.27 bits per heavy atom. The van der Waals surface area contributed by atoms with E-state index >= 15 is 0 Å². The summed E-state index contributed by atoms with van der Waals surface area (Å²) in [5.41, 5.74) is 2.50. The highest BCUT2D eigenvalue weighted by molar-refractivity contribution is 6.31. The zero-order valence-electron chi connectivity index (χ0n) is 17.1. The molecule has 0 saturated carbocycles. The van der Waals surface area contributed by atoms with Gasteiger partial charge in [0.05, 0.1) is 24.5 Å². The van der Waals surface area contributed by atoms with Crippen LogP contribution in [0.5, 0.6) is 0 Å². The predicted octanol–water partition coefficient (Wildman–Crippen LogP) is 4.57. The van der Waals surface area contributed by atoms with Gasteiger partial charge in [0.2, 0.25) is 5.91 Å². The Hall–Kier alpha value is -2.54. The van der Waals surface area contributed by atoms with Crippen LogP contribution in [0.25, 0.3) is 6.08 Å². The fourth-order valence-corrected chi connectivity index (χ4v) is 3.48. The maximum Gasteiger partial charge on any atom is 0.244 e. The number of halogens is 2. The van der Waals surface area contributed by atoms with E-state index in [0.29, 0.717) is 23.3 Å². The lowest BCUT2D eigenvalue weighted by Crippen LogP contribution is -2.33. The van der Waals surface area contributed by atoms with Crippen LogP contribution in [0, 0.1) is 6.92 Å². The molecule has 0 aliphatic heterocycles. The smallest absolute Gasteiger partial charge is 0.244 e. The number of hydrogen-bond donors (Lipinski definition) is 1.